The first-order valence-corrected chi connectivity index (χ1v) is 7.16. The number of benzene rings is 1. The highest BCUT2D eigenvalue weighted by molar-refractivity contribution is 6.30. The maximum atomic E-state index is 6.05. The molecule has 2 atom stereocenters. The zero-order valence-electron chi connectivity index (χ0n) is 11.5. The standard InChI is InChI=1S/C15H23ClN2/c1-11(2)15-10-18(12(3)8-17-15)9-13-5-4-6-14(16)7-13/h4-7,11-12,15,17H,8-10H2,1-3H3. The molecule has 18 heavy (non-hydrogen) atoms. The molecule has 0 aliphatic carbocycles. The van der Waals surface area contributed by atoms with Gasteiger partial charge in [-0.1, -0.05) is 37.6 Å². The predicted octanol–water partition coefficient (Wildman–Crippen LogP) is 3.16. The van der Waals surface area contributed by atoms with E-state index in [4.69, 9.17) is 11.6 Å². The number of hydrogen-bond donors (Lipinski definition) is 1. The van der Waals surface area contributed by atoms with Crippen LogP contribution in [0.15, 0.2) is 24.3 Å². The van der Waals surface area contributed by atoms with Gasteiger partial charge >= 0.3 is 0 Å². The van der Waals surface area contributed by atoms with Gasteiger partial charge < -0.3 is 5.32 Å². The van der Waals surface area contributed by atoms with E-state index in [9.17, 15) is 0 Å². The van der Waals surface area contributed by atoms with Crippen molar-refractivity contribution in [3.05, 3.63) is 34.9 Å². The molecule has 0 amide bonds. The second kappa shape index (κ2) is 6.05. The average Bonchev–Trinajstić information content (AvgIpc) is 2.31. The number of piperazine rings is 1. The number of hydrogen-bond acceptors (Lipinski definition) is 2. The Balaban J connectivity index is 2.02. The van der Waals surface area contributed by atoms with Crippen LogP contribution < -0.4 is 5.32 Å². The molecule has 1 fully saturated rings. The SMILES string of the molecule is CC(C)C1CN(Cc2cccc(Cl)c2)C(C)CN1. The molecule has 0 radical (unpaired) electrons. The van der Waals surface area contributed by atoms with E-state index in [0.717, 1.165) is 24.7 Å². The lowest BCUT2D eigenvalue weighted by Gasteiger charge is -2.40. The Kier molecular flexibility index (Phi) is 4.66. The van der Waals surface area contributed by atoms with Gasteiger partial charge in [0, 0.05) is 36.7 Å². The summed E-state index contributed by atoms with van der Waals surface area (Å²) in [6.07, 6.45) is 0. The molecule has 2 unspecified atom stereocenters. The number of nitrogens with zero attached hydrogens (tertiary/aromatic N) is 1. The van der Waals surface area contributed by atoms with Crippen LogP contribution in [0.4, 0.5) is 0 Å². The lowest BCUT2D eigenvalue weighted by molar-refractivity contribution is 0.116. The predicted molar refractivity (Wildman–Crippen MR) is 78.0 cm³/mol. The lowest BCUT2D eigenvalue weighted by Crippen LogP contribution is -2.56. The van der Waals surface area contributed by atoms with Crippen LogP contribution in [0, 0.1) is 5.92 Å². The zero-order valence-corrected chi connectivity index (χ0v) is 12.2. The van der Waals surface area contributed by atoms with E-state index in [-0.39, 0.29) is 0 Å². The Bertz CT molecular complexity index is 392. The summed E-state index contributed by atoms with van der Waals surface area (Å²) in [5, 5.41) is 4.46. The summed E-state index contributed by atoms with van der Waals surface area (Å²) in [5.74, 6) is 0.680. The topological polar surface area (TPSA) is 15.3 Å². The van der Waals surface area contributed by atoms with E-state index in [2.05, 4.69) is 43.1 Å². The second-order valence-electron chi connectivity index (χ2n) is 5.67. The number of rotatable bonds is 3. The van der Waals surface area contributed by atoms with Crippen molar-refractivity contribution in [1.82, 2.24) is 10.2 Å². The van der Waals surface area contributed by atoms with Crippen LogP contribution in [0.2, 0.25) is 5.02 Å². The molecule has 1 heterocycles. The van der Waals surface area contributed by atoms with Crippen molar-refractivity contribution in [2.45, 2.75) is 39.4 Å². The van der Waals surface area contributed by atoms with Crippen molar-refractivity contribution in [2.75, 3.05) is 13.1 Å². The summed E-state index contributed by atoms with van der Waals surface area (Å²) < 4.78 is 0. The van der Waals surface area contributed by atoms with Gasteiger partial charge in [0.25, 0.3) is 0 Å². The largest absolute Gasteiger partial charge is 0.311 e. The highest BCUT2D eigenvalue weighted by Crippen LogP contribution is 2.18. The van der Waals surface area contributed by atoms with Crippen molar-refractivity contribution in [3.63, 3.8) is 0 Å². The maximum Gasteiger partial charge on any atom is 0.0409 e. The van der Waals surface area contributed by atoms with Crippen LogP contribution in [0.3, 0.4) is 0 Å². The van der Waals surface area contributed by atoms with E-state index in [1.807, 2.05) is 12.1 Å². The Hall–Kier alpha value is -0.570. The number of halogens is 1. The molecule has 0 saturated carbocycles. The van der Waals surface area contributed by atoms with Crippen LogP contribution in [0.25, 0.3) is 0 Å². The fraction of sp³-hybridized carbons (Fsp3) is 0.600. The van der Waals surface area contributed by atoms with Crippen LogP contribution in [0.1, 0.15) is 26.3 Å². The highest BCUT2D eigenvalue weighted by Gasteiger charge is 2.26. The smallest absolute Gasteiger partial charge is 0.0409 e. The molecule has 3 heteroatoms. The Morgan fingerprint density at radius 2 is 2.22 bits per heavy atom. The summed E-state index contributed by atoms with van der Waals surface area (Å²) in [4.78, 5) is 2.55. The van der Waals surface area contributed by atoms with Gasteiger partial charge in [-0.25, -0.2) is 0 Å². The minimum Gasteiger partial charge on any atom is -0.311 e. The Morgan fingerprint density at radius 3 is 2.89 bits per heavy atom. The monoisotopic (exact) mass is 266 g/mol. The Morgan fingerprint density at radius 1 is 1.44 bits per heavy atom. The second-order valence-corrected chi connectivity index (χ2v) is 6.10. The van der Waals surface area contributed by atoms with E-state index < -0.39 is 0 Å². The first kappa shape index (κ1) is 13.9. The molecule has 2 rings (SSSR count). The van der Waals surface area contributed by atoms with E-state index in [1.54, 1.807) is 0 Å². The molecule has 1 aliphatic rings. The molecule has 0 aromatic heterocycles. The van der Waals surface area contributed by atoms with Gasteiger partial charge in [0.1, 0.15) is 0 Å². The summed E-state index contributed by atoms with van der Waals surface area (Å²) in [6.45, 7) is 10.0. The summed E-state index contributed by atoms with van der Waals surface area (Å²) in [6, 6.07) is 9.37. The van der Waals surface area contributed by atoms with Crippen molar-refractivity contribution >= 4 is 11.6 Å². The van der Waals surface area contributed by atoms with Crippen molar-refractivity contribution in [2.24, 2.45) is 5.92 Å². The normalized spacial score (nSPS) is 25.6. The Labute approximate surface area is 115 Å². The van der Waals surface area contributed by atoms with Gasteiger partial charge in [0.05, 0.1) is 0 Å². The molecule has 1 saturated heterocycles. The van der Waals surface area contributed by atoms with Gasteiger partial charge in [0.2, 0.25) is 0 Å². The first-order chi connectivity index (χ1) is 8.56. The first-order valence-electron chi connectivity index (χ1n) is 6.78. The molecule has 2 nitrogen and oxygen atoms in total. The number of nitrogens with one attached hydrogen (secondary N) is 1. The molecule has 0 bridgehead atoms. The highest BCUT2D eigenvalue weighted by atomic mass is 35.5. The van der Waals surface area contributed by atoms with Gasteiger partial charge in [0.15, 0.2) is 0 Å². The third-order valence-corrected chi connectivity index (χ3v) is 4.04. The zero-order chi connectivity index (χ0) is 13.1. The van der Waals surface area contributed by atoms with Crippen molar-refractivity contribution in [3.8, 4) is 0 Å². The van der Waals surface area contributed by atoms with Gasteiger partial charge in [-0.3, -0.25) is 4.90 Å². The molecule has 100 valence electrons. The maximum absolute atomic E-state index is 6.05. The van der Waals surface area contributed by atoms with Crippen LogP contribution in [0.5, 0.6) is 0 Å². The van der Waals surface area contributed by atoms with Crippen LogP contribution >= 0.6 is 11.6 Å². The molecular formula is C15H23ClN2. The van der Waals surface area contributed by atoms with Crippen molar-refractivity contribution < 1.29 is 0 Å². The summed E-state index contributed by atoms with van der Waals surface area (Å²) in [5.41, 5.74) is 1.30. The minimum absolute atomic E-state index is 0.582. The fourth-order valence-corrected chi connectivity index (χ4v) is 2.70. The lowest BCUT2D eigenvalue weighted by atomic mass is 9.99. The quantitative estimate of drug-likeness (QED) is 0.904. The third-order valence-electron chi connectivity index (χ3n) is 3.81. The van der Waals surface area contributed by atoms with Gasteiger partial charge in [-0.05, 0) is 30.5 Å². The summed E-state index contributed by atoms with van der Waals surface area (Å²) in [7, 11) is 0. The molecule has 1 N–H and O–H groups in total. The van der Waals surface area contributed by atoms with E-state index >= 15 is 0 Å². The van der Waals surface area contributed by atoms with Gasteiger partial charge in [-0.15, -0.1) is 0 Å². The van der Waals surface area contributed by atoms with Gasteiger partial charge in [-0.2, -0.15) is 0 Å². The fourth-order valence-electron chi connectivity index (χ4n) is 2.48. The third kappa shape index (κ3) is 3.47. The minimum atomic E-state index is 0.582. The molecular weight excluding hydrogens is 244 g/mol. The van der Waals surface area contributed by atoms with Crippen LogP contribution in [-0.2, 0) is 6.54 Å². The molecule has 0 spiro atoms. The van der Waals surface area contributed by atoms with E-state index in [0.29, 0.717) is 18.0 Å². The molecule has 1 aliphatic heterocycles. The average molecular weight is 267 g/mol. The molecule has 1 aromatic rings. The molecule has 1 aromatic carbocycles. The van der Waals surface area contributed by atoms with Crippen molar-refractivity contribution in [1.29, 1.82) is 0 Å². The summed E-state index contributed by atoms with van der Waals surface area (Å²) >= 11 is 6.05. The van der Waals surface area contributed by atoms with E-state index in [1.165, 1.54) is 5.56 Å². The van der Waals surface area contributed by atoms with Crippen LogP contribution in [-0.4, -0.2) is 30.1 Å².